The quantitative estimate of drug-likeness (QED) is 0.926. The van der Waals surface area contributed by atoms with Crippen molar-refractivity contribution in [3.8, 4) is 5.75 Å². The maximum absolute atomic E-state index is 12.2. The fraction of sp³-hybridized carbons (Fsp3) is 0.588. The molecule has 21 heavy (non-hydrogen) atoms. The number of nitrogens with zero attached hydrogens (tertiary/aromatic N) is 1. The van der Waals surface area contributed by atoms with Crippen molar-refractivity contribution < 1.29 is 9.53 Å². The van der Waals surface area contributed by atoms with Gasteiger partial charge in [-0.2, -0.15) is 0 Å². The molecule has 0 radical (unpaired) electrons. The van der Waals surface area contributed by atoms with Gasteiger partial charge in [-0.3, -0.25) is 10.1 Å². The van der Waals surface area contributed by atoms with Crippen LogP contribution in [0.4, 0.5) is 0 Å². The summed E-state index contributed by atoms with van der Waals surface area (Å²) in [5.41, 5.74) is 1.14. The average molecular weight is 288 g/mol. The summed E-state index contributed by atoms with van der Waals surface area (Å²) in [6.07, 6.45) is 6.52. The van der Waals surface area contributed by atoms with E-state index in [1.165, 1.54) is 32.1 Å². The van der Waals surface area contributed by atoms with Crippen molar-refractivity contribution in [2.75, 3.05) is 20.2 Å². The number of carbonyl (C=O) groups excluding carboxylic acids is 1. The fourth-order valence-corrected chi connectivity index (χ4v) is 3.48. The number of benzene rings is 1. The van der Waals surface area contributed by atoms with Crippen LogP contribution in [0.3, 0.4) is 0 Å². The van der Waals surface area contributed by atoms with Gasteiger partial charge in [0.2, 0.25) is 5.91 Å². The monoisotopic (exact) mass is 288 g/mol. The molecular formula is C17H24N2O2. The van der Waals surface area contributed by atoms with Gasteiger partial charge in [0.05, 0.1) is 13.7 Å². The van der Waals surface area contributed by atoms with E-state index in [0.29, 0.717) is 12.5 Å². The number of nitrogens with one attached hydrogen (secondary N) is 1. The lowest BCUT2D eigenvalue weighted by atomic mass is 9.89. The van der Waals surface area contributed by atoms with Crippen molar-refractivity contribution in [2.24, 2.45) is 5.92 Å². The first-order valence-corrected chi connectivity index (χ1v) is 7.95. The molecule has 114 valence electrons. The van der Waals surface area contributed by atoms with Gasteiger partial charge in [-0.25, -0.2) is 0 Å². The average Bonchev–Trinajstić information content (AvgIpc) is 2.90. The zero-order valence-electron chi connectivity index (χ0n) is 12.7. The predicted octanol–water partition coefficient (Wildman–Crippen LogP) is 2.71. The lowest BCUT2D eigenvalue weighted by molar-refractivity contribution is -0.128. The highest BCUT2D eigenvalue weighted by atomic mass is 16.5. The van der Waals surface area contributed by atoms with Crippen molar-refractivity contribution in [2.45, 2.75) is 38.3 Å². The van der Waals surface area contributed by atoms with E-state index in [1.807, 2.05) is 29.2 Å². The zero-order chi connectivity index (χ0) is 14.7. The Hall–Kier alpha value is -1.55. The molecule has 0 spiro atoms. The van der Waals surface area contributed by atoms with Crippen LogP contribution in [-0.2, 0) is 4.79 Å². The summed E-state index contributed by atoms with van der Waals surface area (Å²) in [6.45, 7) is 1.34. The van der Waals surface area contributed by atoms with E-state index in [9.17, 15) is 4.79 Å². The third-order valence-electron chi connectivity index (χ3n) is 4.69. The van der Waals surface area contributed by atoms with E-state index < -0.39 is 0 Å². The summed E-state index contributed by atoms with van der Waals surface area (Å²) < 4.78 is 5.20. The van der Waals surface area contributed by atoms with E-state index in [2.05, 4.69) is 5.32 Å². The van der Waals surface area contributed by atoms with E-state index in [1.54, 1.807) is 7.11 Å². The Kier molecular flexibility index (Phi) is 4.44. The number of hydrogen-bond donors (Lipinski definition) is 1. The lowest BCUT2D eigenvalue weighted by Gasteiger charge is -2.31. The van der Waals surface area contributed by atoms with E-state index in [-0.39, 0.29) is 12.1 Å². The Balaban J connectivity index is 1.71. The predicted molar refractivity (Wildman–Crippen MR) is 82.0 cm³/mol. The first-order chi connectivity index (χ1) is 10.3. The molecule has 3 rings (SSSR count). The second-order valence-corrected chi connectivity index (χ2v) is 6.11. The summed E-state index contributed by atoms with van der Waals surface area (Å²) in [5, 5.41) is 3.34. The van der Waals surface area contributed by atoms with E-state index in [0.717, 1.165) is 17.9 Å². The number of ether oxygens (including phenoxy) is 1. The van der Waals surface area contributed by atoms with Crippen molar-refractivity contribution >= 4 is 5.91 Å². The molecule has 0 bridgehead atoms. The van der Waals surface area contributed by atoms with E-state index in [4.69, 9.17) is 4.74 Å². The number of amides is 1. The molecule has 2 aliphatic rings. The SMILES string of the molecule is COc1ccc(C2NCC(=O)N2CC2CCCCC2)cc1. The van der Waals surface area contributed by atoms with Gasteiger partial charge in [0.25, 0.3) is 0 Å². The van der Waals surface area contributed by atoms with Gasteiger partial charge in [0.1, 0.15) is 11.9 Å². The molecule has 1 saturated heterocycles. The Morgan fingerprint density at radius 2 is 1.90 bits per heavy atom. The highest BCUT2D eigenvalue weighted by Crippen LogP contribution is 2.30. The molecule has 1 heterocycles. The molecule has 4 nitrogen and oxygen atoms in total. The van der Waals surface area contributed by atoms with Crippen LogP contribution in [0.1, 0.15) is 43.8 Å². The highest BCUT2D eigenvalue weighted by molar-refractivity contribution is 5.81. The third kappa shape index (κ3) is 3.21. The molecule has 1 unspecified atom stereocenters. The summed E-state index contributed by atoms with van der Waals surface area (Å²) in [5.74, 6) is 1.74. The van der Waals surface area contributed by atoms with Crippen LogP contribution in [0.2, 0.25) is 0 Å². The number of methoxy groups -OCH3 is 1. The maximum Gasteiger partial charge on any atom is 0.238 e. The number of hydrogen-bond acceptors (Lipinski definition) is 3. The Labute approximate surface area is 126 Å². The highest BCUT2D eigenvalue weighted by Gasteiger charge is 2.33. The molecule has 1 aliphatic heterocycles. The lowest BCUT2D eigenvalue weighted by Crippen LogP contribution is -2.35. The first kappa shape index (κ1) is 14.4. The van der Waals surface area contributed by atoms with E-state index >= 15 is 0 Å². The molecule has 1 N–H and O–H groups in total. The van der Waals surface area contributed by atoms with Crippen LogP contribution in [-0.4, -0.2) is 31.0 Å². The normalized spacial score (nSPS) is 23.6. The molecular weight excluding hydrogens is 264 g/mol. The van der Waals surface area contributed by atoms with Crippen molar-refractivity contribution in [1.29, 1.82) is 0 Å². The summed E-state index contributed by atoms with van der Waals surface area (Å²) in [4.78, 5) is 14.2. The second kappa shape index (κ2) is 6.48. The van der Waals surface area contributed by atoms with Crippen LogP contribution in [0.5, 0.6) is 5.75 Å². The third-order valence-corrected chi connectivity index (χ3v) is 4.69. The zero-order valence-corrected chi connectivity index (χ0v) is 12.7. The minimum Gasteiger partial charge on any atom is -0.497 e. The molecule has 1 saturated carbocycles. The minimum atomic E-state index is 0.0188. The van der Waals surface area contributed by atoms with Crippen LogP contribution in [0.15, 0.2) is 24.3 Å². The Bertz CT molecular complexity index is 480. The van der Waals surface area contributed by atoms with Crippen LogP contribution >= 0.6 is 0 Å². The summed E-state index contributed by atoms with van der Waals surface area (Å²) in [6, 6.07) is 8.00. The molecule has 0 aromatic heterocycles. The van der Waals surface area contributed by atoms with Gasteiger partial charge in [-0.15, -0.1) is 0 Å². The fourth-order valence-electron chi connectivity index (χ4n) is 3.48. The van der Waals surface area contributed by atoms with Crippen molar-refractivity contribution in [3.05, 3.63) is 29.8 Å². The van der Waals surface area contributed by atoms with Gasteiger partial charge in [-0.05, 0) is 36.5 Å². The Morgan fingerprint density at radius 1 is 1.19 bits per heavy atom. The molecule has 1 atom stereocenters. The minimum absolute atomic E-state index is 0.0188. The summed E-state index contributed by atoms with van der Waals surface area (Å²) >= 11 is 0. The van der Waals surface area contributed by atoms with Gasteiger partial charge in [0, 0.05) is 6.54 Å². The van der Waals surface area contributed by atoms with Crippen LogP contribution < -0.4 is 10.1 Å². The maximum atomic E-state index is 12.2. The molecule has 4 heteroatoms. The Morgan fingerprint density at radius 3 is 2.57 bits per heavy atom. The molecule has 1 amide bonds. The number of rotatable bonds is 4. The largest absolute Gasteiger partial charge is 0.497 e. The van der Waals surface area contributed by atoms with Crippen LogP contribution in [0.25, 0.3) is 0 Å². The second-order valence-electron chi connectivity index (χ2n) is 6.11. The van der Waals surface area contributed by atoms with Gasteiger partial charge < -0.3 is 9.64 Å². The summed E-state index contributed by atoms with van der Waals surface area (Å²) in [7, 11) is 1.67. The molecule has 1 aromatic rings. The van der Waals surface area contributed by atoms with Crippen molar-refractivity contribution in [1.82, 2.24) is 10.2 Å². The van der Waals surface area contributed by atoms with Gasteiger partial charge in [-0.1, -0.05) is 31.4 Å². The molecule has 1 aliphatic carbocycles. The molecule has 2 fully saturated rings. The van der Waals surface area contributed by atoms with Crippen molar-refractivity contribution in [3.63, 3.8) is 0 Å². The topological polar surface area (TPSA) is 41.6 Å². The van der Waals surface area contributed by atoms with Gasteiger partial charge >= 0.3 is 0 Å². The molecule has 1 aromatic carbocycles. The first-order valence-electron chi connectivity index (χ1n) is 7.95. The smallest absolute Gasteiger partial charge is 0.238 e. The van der Waals surface area contributed by atoms with Crippen LogP contribution in [0, 0.1) is 5.92 Å². The number of carbonyl (C=O) groups is 1. The standard InChI is InChI=1S/C17H24N2O2/c1-21-15-9-7-14(8-10-15)17-18-11-16(20)19(17)12-13-5-3-2-4-6-13/h7-10,13,17-18H,2-6,11-12H2,1H3. The van der Waals surface area contributed by atoms with Gasteiger partial charge in [0.15, 0.2) is 0 Å².